The SMILES string of the molecule is COCCCNC(=O)c1ccnc(NCCN(C)C)n1. The molecule has 0 saturated carbocycles. The summed E-state index contributed by atoms with van der Waals surface area (Å²) in [5.74, 6) is 0.274. The Balaban J connectivity index is 2.43. The van der Waals surface area contributed by atoms with E-state index >= 15 is 0 Å². The molecular formula is C13H23N5O2. The highest BCUT2D eigenvalue weighted by Crippen LogP contribution is 2.00. The molecule has 0 aliphatic rings. The minimum absolute atomic E-state index is 0.195. The number of nitrogens with zero attached hydrogens (tertiary/aromatic N) is 3. The third-order valence-electron chi connectivity index (χ3n) is 2.54. The van der Waals surface area contributed by atoms with Gasteiger partial charge in [0.15, 0.2) is 0 Å². The molecule has 0 spiro atoms. The second-order valence-corrected chi connectivity index (χ2v) is 4.60. The van der Waals surface area contributed by atoms with Crippen LogP contribution in [-0.4, -0.2) is 68.2 Å². The van der Waals surface area contributed by atoms with Crippen molar-refractivity contribution >= 4 is 11.9 Å². The third kappa shape index (κ3) is 6.44. The first-order chi connectivity index (χ1) is 9.63. The maximum absolute atomic E-state index is 11.9. The maximum atomic E-state index is 11.9. The van der Waals surface area contributed by atoms with Crippen LogP contribution >= 0.6 is 0 Å². The van der Waals surface area contributed by atoms with Crippen molar-refractivity contribution in [2.45, 2.75) is 6.42 Å². The Bertz CT molecular complexity index is 412. The van der Waals surface area contributed by atoms with Crippen LogP contribution in [0, 0.1) is 0 Å². The van der Waals surface area contributed by atoms with Gasteiger partial charge in [-0.25, -0.2) is 9.97 Å². The van der Waals surface area contributed by atoms with E-state index in [2.05, 4.69) is 25.5 Å². The predicted octanol–water partition coefficient (Wildman–Crippen LogP) is 0.216. The van der Waals surface area contributed by atoms with Gasteiger partial charge in [0.1, 0.15) is 5.69 Å². The third-order valence-corrected chi connectivity index (χ3v) is 2.54. The van der Waals surface area contributed by atoms with Crippen molar-refractivity contribution in [3.63, 3.8) is 0 Å². The van der Waals surface area contributed by atoms with E-state index in [1.165, 1.54) is 0 Å². The second-order valence-electron chi connectivity index (χ2n) is 4.60. The van der Waals surface area contributed by atoms with E-state index < -0.39 is 0 Å². The van der Waals surface area contributed by atoms with Crippen LogP contribution in [0.3, 0.4) is 0 Å². The summed E-state index contributed by atoms with van der Waals surface area (Å²) in [7, 11) is 5.62. The Morgan fingerprint density at radius 1 is 1.40 bits per heavy atom. The van der Waals surface area contributed by atoms with Gasteiger partial charge in [-0.05, 0) is 26.6 Å². The number of amides is 1. The van der Waals surface area contributed by atoms with E-state index in [1.807, 2.05) is 14.1 Å². The summed E-state index contributed by atoms with van der Waals surface area (Å²) in [6, 6.07) is 1.60. The van der Waals surface area contributed by atoms with Crippen LogP contribution in [0.4, 0.5) is 5.95 Å². The molecule has 0 aromatic carbocycles. The Morgan fingerprint density at radius 2 is 2.20 bits per heavy atom. The molecule has 0 fully saturated rings. The smallest absolute Gasteiger partial charge is 0.270 e. The zero-order valence-corrected chi connectivity index (χ0v) is 12.3. The molecular weight excluding hydrogens is 258 g/mol. The number of hydrogen-bond donors (Lipinski definition) is 2. The largest absolute Gasteiger partial charge is 0.385 e. The van der Waals surface area contributed by atoms with Gasteiger partial charge in [-0.3, -0.25) is 4.79 Å². The van der Waals surface area contributed by atoms with Crippen molar-refractivity contribution in [1.82, 2.24) is 20.2 Å². The van der Waals surface area contributed by atoms with Crippen molar-refractivity contribution in [3.8, 4) is 0 Å². The molecule has 0 saturated heterocycles. The molecule has 0 aliphatic heterocycles. The minimum Gasteiger partial charge on any atom is -0.385 e. The number of anilines is 1. The Kier molecular flexibility index (Phi) is 7.52. The molecule has 1 amide bonds. The predicted molar refractivity (Wildman–Crippen MR) is 77.9 cm³/mol. The summed E-state index contributed by atoms with van der Waals surface area (Å²) in [6.45, 7) is 2.80. The summed E-state index contributed by atoms with van der Waals surface area (Å²) in [4.78, 5) is 22.2. The molecule has 1 rings (SSSR count). The number of nitrogens with one attached hydrogen (secondary N) is 2. The van der Waals surface area contributed by atoms with E-state index in [-0.39, 0.29) is 5.91 Å². The molecule has 1 heterocycles. The van der Waals surface area contributed by atoms with Gasteiger partial charge in [-0.15, -0.1) is 0 Å². The van der Waals surface area contributed by atoms with Crippen molar-refractivity contribution in [2.75, 3.05) is 52.8 Å². The first-order valence-electron chi connectivity index (χ1n) is 6.62. The quantitative estimate of drug-likeness (QED) is 0.630. The molecule has 20 heavy (non-hydrogen) atoms. The van der Waals surface area contributed by atoms with E-state index in [4.69, 9.17) is 4.74 Å². The lowest BCUT2D eigenvalue weighted by Crippen LogP contribution is -2.27. The lowest BCUT2D eigenvalue weighted by molar-refractivity contribution is 0.0943. The molecule has 0 unspecified atom stereocenters. The van der Waals surface area contributed by atoms with Crippen LogP contribution in [0.25, 0.3) is 0 Å². The summed E-state index contributed by atoms with van der Waals surface area (Å²) in [5, 5.41) is 5.87. The molecule has 0 bridgehead atoms. The van der Waals surface area contributed by atoms with E-state index in [1.54, 1.807) is 19.4 Å². The fraction of sp³-hybridized carbons (Fsp3) is 0.615. The number of ether oxygens (including phenoxy) is 1. The highest BCUT2D eigenvalue weighted by atomic mass is 16.5. The first kappa shape index (κ1) is 16.3. The topological polar surface area (TPSA) is 79.4 Å². The minimum atomic E-state index is -0.195. The van der Waals surface area contributed by atoms with Gasteiger partial charge < -0.3 is 20.3 Å². The van der Waals surface area contributed by atoms with Crippen molar-refractivity contribution < 1.29 is 9.53 Å². The van der Waals surface area contributed by atoms with Crippen molar-refractivity contribution in [3.05, 3.63) is 18.0 Å². The Labute approximate surface area is 119 Å². The molecule has 1 aromatic rings. The molecule has 0 radical (unpaired) electrons. The number of likely N-dealkylation sites (N-methyl/N-ethyl adjacent to an activating group) is 1. The highest BCUT2D eigenvalue weighted by Gasteiger charge is 2.07. The number of rotatable bonds is 9. The van der Waals surface area contributed by atoms with Crippen LogP contribution in [0.5, 0.6) is 0 Å². The standard InChI is InChI=1S/C13H23N5O2/c1-18(2)9-8-16-13-15-7-5-11(17-13)12(19)14-6-4-10-20-3/h5,7H,4,6,8-10H2,1-3H3,(H,14,19)(H,15,16,17). The van der Waals surface area contributed by atoms with Crippen molar-refractivity contribution in [2.24, 2.45) is 0 Å². The summed E-state index contributed by atoms with van der Waals surface area (Å²) in [5.41, 5.74) is 0.366. The van der Waals surface area contributed by atoms with E-state index in [9.17, 15) is 4.79 Å². The van der Waals surface area contributed by atoms with Gasteiger partial charge >= 0.3 is 0 Å². The van der Waals surface area contributed by atoms with Gasteiger partial charge in [-0.2, -0.15) is 0 Å². The van der Waals surface area contributed by atoms with Crippen molar-refractivity contribution in [1.29, 1.82) is 0 Å². The number of aromatic nitrogens is 2. The van der Waals surface area contributed by atoms with Crippen LogP contribution in [0.15, 0.2) is 12.3 Å². The maximum Gasteiger partial charge on any atom is 0.270 e. The molecule has 112 valence electrons. The molecule has 0 aliphatic carbocycles. The number of carbonyl (C=O) groups excluding carboxylic acids is 1. The van der Waals surface area contributed by atoms with Gasteiger partial charge in [0.05, 0.1) is 0 Å². The van der Waals surface area contributed by atoms with Crippen LogP contribution in [0.1, 0.15) is 16.9 Å². The van der Waals surface area contributed by atoms with Gasteiger partial charge in [0.25, 0.3) is 5.91 Å². The van der Waals surface area contributed by atoms with E-state index in [0.717, 1.165) is 19.5 Å². The zero-order chi connectivity index (χ0) is 14.8. The number of methoxy groups -OCH3 is 1. The average molecular weight is 281 g/mol. The fourth-order valence-electron chi connectivity index (χ4n) is 1.47. The summed E-state index contributed by atoms with van der Waals surface area (Å²) >= 11 is 0. The fourth-order valence-corrected chi connectivity index (χ4v) is 1.47. The normalized spacial score (nSPS) is 10.6. The average Bonchev–Trinajstić information content (AvgIpc) is 2.43. The monoisotopic (exact) mass is 281 g/mol. The Morgan fingerprint density at radius 3 is 2.90 bits per heavy atom. The van der Waals surface area contributed by atoms with Gasteiger partial charge in [0.2, 0.25) is 5.95 Å². The molecule has 2 N–H and O–H groups in total. The van der Waals surface area contributed by atoms with Gasteiger partial charge in [0, 0.05) is 39.5 Å². The first-order valence-corrected chi connectivity index (χ1v) is 6.62. The highest BCUT2D eigenvalue weighted by molar-refractivity contribution is 5.92. The second kappa shape index (κ2) is 9.22. The molecule has 7 heteroatoms. The summed E-state index contributed by atoms with van der Waals surface area (Å²) in [6.07, 6.45) is 2.36. The molecule has 1 aromatic heterocycles. The van der Waals surface area contributed by atoms with Crippen LogP contribution < -0.4 is 10.6 Å². The lowest BCUT2D eigenvalue weighted by Gasteiger charge is -2.10. The Hall–Kier alpha value is -1.73. The lowest BCUT2D eigenvalue weighted by atomic mass is 10.3. The van der Waals surface area contributed by atoms with Gasteiger partial charge in [-0.1, -0.05) is 0 Å². The zero-order valence-electron chi connectivity index (χ0n) is 12.3. The van der Waals surface area contributed by atoms with Crippen LogP contribution in [0.2, 0.25) is 0 Å². The molecule has 7 nitrogen and oxygen atoms in total. The number of hydrogen-bond acceptors (Lipinski definition) is 6. The van der Waals surface area contributed by atoms with E-state index in [0.29, 0.717) is 24.8 Å². The van der Waals surface area contributed by atoms with Crippen LogP contribution in [-0.2, 0) is 4.74 Å². The molecule has 0 atom stereocenters. The summed E-state index contributed by atoms with van der Waals surface area (Å²) < 4.78 is 4.92. The number of carbonyl (C=O) groups is 1.